The van der Waals surface area contributed by atoms with E-state index in [1.807, 2.05) is 0 Å². The third-order valence-electron chi connectivity index (χ3n) is 6.61. The van der Waals surface area contributed by atoms with Gasteiger partial charge in [-0.25, -0.2) is 4.98 Å². The molecule has 3 aromatic rings. The fourth-order valence-corrected chi connectivity index (χ4v) is 5.91. The second kappa shape index (κ2) is 9.75. The van der Waals surface area contributed by atoms with E-state index in [9.17, 15) is 14.4 Å². The molecule has 2 aliphatic heterocycles. The highest BCUT2D eigenvalue weighted by atomic mass is 32.1. The zero-order chi connectivity index (χ0) is 24.5. The third-order valence-corrected chi connectivity index (χ3v) is 7.68. The predicted octanol–water partition coefficient (Wildman–Crippen LogP) is 3.12. The van der Waals surface area contributed by atoms with E-state index in [4.69, 9.17) is 4.98 Å². The van der Waals surface area contributed by atoms with Gasteiger partial charge in [0, 0.05) is 57.7 Å². The number of aromatic nitrogens is 1. The van der Waals surface area contributed by atoms with Crippen LogP contribution in [0.4, 0.5) is 10.8 Å². The molecule has 2 fully saturated rings. The van der Waals surface area contributed by atoms with E-state index in [2.05, 4.69) is 41.1 Å². The molecule has 2 aromatic carbocycles. The molecule has 0 atom stereocenters. The summed E-state index contributed by atoms with van der Waals surface area (Å²) in [5, 5.41) is 4.06. The molecule has 1 aromatic heterocycles. The minimum Gasteiger partial charge on any atom is -0.351 e. The Bertz CT molecular complexity index is 1260. The first kappa shape index (κ1) is 23.4. The van der Waals surface area contributed by atoms with Crippen LogP contribution in [0.25, 0.3) is 10.2 Å². The van der Waals surface area contributed by atoms with Gasteiger partial charge in [0.1, 0.15) is 0 Å². The Labute approximate surface area is 208 Å². The van der Waals surface area contributed by atoms with Crippen molar-refractivity contribution in [2.45, 2.75) is 26.7 Å². The summed E-state index contributed by atoms with van der Waals surface area (Å²) in [6.07, 6.45) is 0.491. The number of hydrogen-bond donors (Lipinski definition) is 1. The monoisotopic (exact) mass is 491 g/mol. The Balaban J connectivity index is 1.09. The molecule has 35 heavy (non-hydrogen) atoms. The lowest BCUT2D eigenvalue weighted by Gasteiger charge is -2.34. The largest absolute Gasteiger partial charge is 0.351 e. The van der Waals surface area contributed by atoms with E-state index in [-0.39, 0.29) is 30.6 Å². The molecule has 182 valence electrons. The standard InChI is InChI=1S/C26H29N5O3S/c1-17-15-18(2)24-21(16-17)35-26(28-24)30-13-11-29(12-14-30)10-9-27-25(34)19-3-5-20(6-4-19)31-22(32)7-8-23(31)33/h3-6,15-16H,7-14H2,1-2H3,(H,27,34). The average Bonchev–Trinajstić information content (AvgIpc) is 3.42. The highest BCUT2D eigenvalue weighted by Crippen LogP contribution is 2.32. The molecule has 0 bridgehead atoms. The molecule has 8 nitrogen and oxygen atoms in total. The molecule has 1 N–H and O–H groups in total. The van der Waals surface area contributed by atoms with E-state index in [1.54, 1.807) is 35.6 Å². The van der Waals surface area contributed by atoms with Crippen molar-refractivity contribution >= 4 is 50.1 Å². The van der Waals surface area contributed by atoms with Gasteiger partial charge < -0.3 is 10.2 Å². The molecule has 0 saturated carbocycles. The Kier molecular flexibility index (Phi) is 6.53. The summed E-state index contributed by atoms with van der Waals surface area (Å²) in [7, 11) is 0. The Morgan fingerprint density at radius 2 is 1.69 bits per heavy atom. The number of imide groups is 1. The number of nitrogens with one attached hydrogen (secondary N) is 1. The highest BCUT2D eigenvalue weighted by Gasteiger charge is 2.30. The van der Waals surface area contributed by atoms with Gasteiger partial charge in [-0.3, -0.25) is 24.2 Å². The number of nitrogens with zero attached hydrogens (tertiary/aromatic N) is 4. The summed E-state index contributed by atoms with van der Waals surface area (Å²) in [4.78, 5) is 47.1. The minimum atomic E-state index is -0.194. The van der Waals surface area contributed by atoms with Crippen molar-refractivity contribution in [1.82, 2.24) is 15.2 Å². The van der Waals surface area contributed by atoms with Crippen molar-refractivity contribution in [2.75, 3.05) is 49.1 Å². The fraction of sp³-hybridized carbons (Fsp3) is 0.385. The number of rotatable bonds is 6. The topological polar surface area (TPSA) is 85.8 Å². The van der Waals surface area contributed by atoms with Gasteiger partial charge >= 0.3 is 0 Å². The van der Waals surface area contributed by atoms with Crippen LogP contribution in [0.15, 0.2) is 36.4 Å². The van der Waals surface area contributed by atoms with E-state index in [0.717, 1.165) is 43.4 Å². The summed E-state index contributed by atoms with van der Waals surface area (Å²) in [6.45, 7) is 9.28. The molecule has 0 aliphatic carbocycles. The molecular weight excluding hydrogens is 462 g/mol. The van der Waals surface area contributed by atoms with Gasteiger partial charge in [0.15, 0.2) is 5.13 Å². The summed E-state index contributed by atoms with van der Waals surface area (Å²) < 4.78 is 1.24. The first-order valence-corrected chi connectivity index (χ1v) is 12.8. The van der Waals surface area contributed by atoms with Gasteiger partial charge in [-0.1, -0.05) is 17.4 Å². The van der Waals surface area contributed by atoms with Crippen molar-refractivity contribution < 1.29 is 14.4 Å². The van der Waals surface area contributed by atoms with Gasteiger partial charge in [0.25, 0.3) is 5.91 Å². The van der Waals surface area contributed by atoms with Crippen LogP contribution in [0.1, 0.15) is 34.3 Å². The maximum Gasteiger partial charge on any atom is 0.251 e. The summed E-state index contributed by atoms with van der Waals surface area (Å²) in [6, 6.07) is 11.0. The molecule has 3 heterocycles. The summed E-state index contributed by atoms with van der Waals surface area (Å²) in [5.41, 5.74) is 4.63. The van der Waals surface area contributed by atoms with Crippen molar-refractivity contribution in [3.63, 3.8) is 0 Å². The number of benzene rings is 2. The third kappa shape index (κ3) is 4.92. The number of fused-ring (bicyclic) bond motifs is 1. The number of piperazine rings is 1. The first-order valence-electron chi connectivity index (χ1n) is 12.0. The smallest absolute Gasteiger partial charge is 0.251 e. The molecule has 0 unspecified atom stereocenters. The van der Waals surface area contributed by atoms with E-state index in [1.165, 1.54) is 20.7 Å². The molecule has 5 rings (SSSR count). The molecule has 3 amide bonds. The number of carbonyl (C=O) groups excluding carboxylic acids is 3. The molecule has 9 heteroatoms. The maximum absolute atomic E-state index is 12.5. The second-order valence-electron chi connectivity index (χ2n) is 9.18. The first-order chi connectivity index (χ1) is 16.9. The van der Waals surface area contributed by atoms with Gasteiger partial charge in [-0.2, -0.15) is 0 Å². The molecule has 2 saturated heterocycles. The lowest BCUT2D eigenvalue weighted by molar-refractivity contribution is -0.121. The number of anilines is 2. The second-order valence-corrected chi connectivity index (χ2v) is 10.2. The quantitative estimate of drug-likeness (QED) is 0.534. The predicted molar refractivity (Wildman–Crippen MR) is 138 cm³/mol. The zero-order valence-electron chi connectivity index (χ0n) is 20.0. The molecular formula is C26H29N5O3S. The van der Waals surface area contributed by atoms with Crippen molar-refractivity contribution in [3.8, 4) is 0 Å². The van der Waals surface area contributed by atoms with Crippen LogP contribution < -0.4 is 15.1 Å². The van der Waals surface area contributed by atoms with Crippen LogP contribution in [0, 0.1) is 13.8 Å². The normalized spacial score (nSPS) is 17.0. The van der Waals surface area contributed by atoms with Crippen molar-refractivity contribution in [2.24, 2.45) is 0 Å². The van der Waals surface area contributed by atoms with Crippen LogP contribution >= 0.6 is 11.3 Å². The lowest BCUT2D eigenvalue weighted by atomic mass is 10.1. The van der Waals surface area contributed by atoms with Gasteiger partial charge in [0.05, 0.1) is 15.9 Å². The minimum absolute atomic E-state index is 0.158. The van der Waals surface area contributed by atoms with Gasteiger partial charge in [0.2, 0.25) is 11.8 Å². The van der Waals surface area contributed by atoms with Crippen molar-refractivity contribution in [1.29, 1.82) is 0 Å². The van der Waals surface area contributed by atoms with Crippen LogP contribution in [0.3, 0.4) is 0 Å². The lowest BCUT2D eigenvalue weighted by Crippen LogP contribution is -2.48. The summed E-state index contributed by atoms with van der Waals surface area (Å²) in [5.74, 6) is -0.546. The molecule has 2 aliphatic rings. The van der Waals surface area contributed by atoms with Crippen LogP contribution in [-0.4, -0.2) is 66.9 Å². The Hall–Kier alpha value is -3.30. The van der Waals surface area contributed by atoms with E-state index in [0.29, 0.717) is 17.8 Å². The van der Waals surface area contributed by atoms with Crippen LogP contribution in [-0.2, 0) is 9.59 Å². The van der Waals surface area contributed by atoms with E-state index < -0.39 is 0 Å². The number of amides is 3. The SMILES string of the molecule is Cc1cc(C)c2nc(N3CCN(CCNC(=O)c4ccc(N5C(=O)CCC5=O)cc4)CC3)sc2c1. The van der Waals surface area contributed by atoms with Gasteiger partial charge in [-0.05, 0) is 55.3 Å². The fourth-order valence-electron chi connectivity index (χ4n) is 4.71. The number of thiazole rings is 1. The zero-order valence-corrected chi connectivity index (χ0v) is 20.9. The van der Waals surface area contributed by atoms with Crippen molar-refractivity contribution in [3.05, 3.63) is 53.1 Å². The van der Waals surface area contributed by atoms with E-state index >= 15 is 0 Å². The number of carbonyl (C=O) groups is 3. The van der Waals surface area contributed by atoms with Gasteiger partial charge in [-0.15, -0.1) is 0 Å². The van der Waals surface area contributed by atoms with Crippen LogP contribution in [0.2, 0.25) is 0 Å². The van der Waals surface area contributed by atoms with Crippen LogP contribution in [0.5, 0.6) is 0 Å². The average molecular weight is 492 g/mol. The Morgan fingerprint density at radius 3 is 2.37 bits per heavy atom. The molecule has 0 spiro atoms. The Morgan fingerprint density at radius 1 is 1.00 bits per heavy atom. The molecule has 0 radical (unpaired) electrons. The summed E-state index contributed by atoms with van der Waals surface area (Å²) >= 11 is 1.76. The number of aryl methyl sites for hydroxylation is 2. The highest BCUT2D eigenvalue weighted by molar-refractivity contribution is 7.22. The number of hydrogen-bond acceptors (Lipinski definition) is 7. The maximum atomic E-state index is 12.5.